The summed E-state index contributed by atoms with van der Waals surface area (Å²) in [5, 5.41) is 12.8. The molecule has 3 saturated carbocycles. The zero-order valence-corrected chi connectivity index (χ0v) is 41.9. The average molecular weight is 1010 g/mol. The molecule has 5 aliphatic rings. The van der Waals surface area contributed by atoms with Crippen LogP contribution in [-0.4, -0.2) is 148 Å². The summed E-state index contributed by atoms with van der Waals surface area (Å²) >= 11 is 0. The number of carbonyl (C=O) groups excluding carboxylic acids is 5. The molecule has 3 aliphatic carbocycles. The number of amides is 5. The fourth-order valence-corrected chi connectivity index (χ4v) is 11.6. The SMILES string of the molecule is CC(C)N(C)[C@@H]1CC[C@H](N2CC[C@H](Nc3ncnc4ccc(C(F)(F)F)cc34)C2=O)[C@H](NC(=O)[C@H]2CC[C@@H](NC(=O)CCO[C@H]3CC[C@H](OCCNC(=O)[C@H]4CC(=O)N(C)[C@@H]4c4cccnc4)CC3)CC2)C1. The molecule has 72 heavy (non-hydrogen) atoms. The summed E-state index contributed by atoms with van der Waals surface area (Å²) in [5.74, 6) is -1.08. The maximum absolute atomic E-state index is 14.1. The molecule has 5 fully saturated rings. The third-order valence-corrected chi connectivity index (χ3v) is 15.9. The Kier molecular flexibility index (Phi) is 17.3. The van der Waals surface area contributed by atoms with E-state index >= 15 is 0 Å². The number of nitrogens with zero attached hydrogens (tertiary/aromatic N) is 6. The van der Waals surface area contributed by atoms with Gasteiger partial charge in [0, 0.05) is 74.8 Å². The molecular formula is C52H71F3N10O7. The first-order valence-corrected chi connectivity index (χ1v) is 25.9. The van der Waals surface area contributed by atoms with Crippen molar-refractivity contribution in [3.05, 3.63) is 60.2 Å². The number of likely N-dealkylation sites (tertiary alicyclic amines) is 2. The number of anilines is 1. The molecule has 20 heteroatoms. The molecule has 3 aromatic rings. The number of benzene rings is 1. The quantitative estimate of drug-likeness (QED) is 0.116. The minimum Gasteiger partial charge on any atom is -0.378 e. The van der Waals surface area contributed by atoms with E-state index in [2.05, 4.69) is 62.0 Å². The van der Waals surface area contributed by atoms with E-state index in [9.17, 15) is 37.1 Å². The first-order chi connectivity index (χ1) is 34.5. The van der Waals surface area contributed by atoms with E-state index in [1.54, 1.807) is 30.4 Å². The summed E-state index contributed by atoms with van der Waals surface area (Å²) < 4.78 is 53.0. The number of carbonyl (C=O) groups is 5. The lowest BCUT2D eigenvalue weighted by molar-refractivity contribution is -0.137. The lowest BCUT2D eigenvalue weighted by Gasteiger charge is -2.45. The highest BCUT2D eigenvalue weighted by molar-refractivity contribution is 5.93. The Morgan fingerprint density at radius 2 is 1.62 bits per heavy atom. The topological polar surface area (TPSA) is 200 Å². The standard InChI is InChI=1S/C52H71F3N10O7/c1-31(2)63(3)36-12-18-44(65-23-19-42(51(65)70)61-48-39-26-34(52(53,54)55)9-17-41(39)58-30-59-48)43(27-36)62-49(68)32-7-10-35(11-8-32)60-45(66)20-24-71-37-13-15-38(16-14-37)72-25-22-57-50(69)40-28-46(67)64(4)47(40)33-6-5-21-56-29-33/h5-6,9,17,21,26,29-32,35-38,40,42-44,47H,7-8,10-16,18-20,22-25,27-28H2,1-4H3,(H,57,69)(H,60,66)(H,62,68)(H,58,59,61)/t32-,35+,36-,37-,38-,40+,42+,43-,44+,47-/m1/s1. The fourth-order valence-electron chi connectivity index (χ4n) is 11.6. The summed E-state index contributed by atoms with van der Waals surface area (Å²) in [5.41, 5.74) is 0.346. The third kappa shape index (κ3) is 12.8. The molecule has 2 aliphatic heterocycles. The van der Waals surface area contributed by atoms with E-state index in [1.807, 2.05) is 11.0 Å². The van der Waals surface area contributed by atoms with Gasteiger partial charge in [-0.3, -0.25) is 29.0 Å². The third-order valence-electron chi connectivity index (χ3n) is 15.9. The van der Waals surface area contributed by atoms with Crippen LogP contribution in [0.3, 0.4) is 0 Å². The van der Waals surface area contributed by atoms with Crippen LogP contribution in [0.5, 0.6) is 0 Å². The van der Waals surface area contributed by atoms with Crippen molar-refractivity contribution < 1.29 is 46.6 Å². The lowest BCUT2D eigenvalue weighted by Crippen LogP contribution is -2.59. The monoisotopic (exact) mass is 1000 g/mol. The Labute approximate surface area is 419 Å². The molecule has 1 aromatic carbocycles. The van der Waals surface area contributed by atoms with Gasteiger partial charge in [-0.15, -0.1) is 0 Å². The number of rotatable bonds is 18. The van der Waals surface area contributed by atoms with Gasteiger partial charge in [0.15, 0.2) is 0 Å². The number of pyridine rings is 1. The molecule has 2 saturated heterocycles. The maximum Gasteiger partial charge on any atom is 0.416 e. The van der Waals surface area contributed by atoms with E-state index in [-0.39, 0.29) is 108 Å². The number of hydrogen-bond acceptors (Lipinski definition) is 12. The lowest BCUT2D eigenvalue weighted by atomic mass is 9.82. The zero-order chi connectivity index (χ0) is 51.1. The molecule has 8 rings (SSSR count). The number of fused-ring (bicyclic) bond motifs is 1. The minimum atomic E-state index is -4.55. The summed E-state index contributed by atoms with van der Waals surface area (Å²) in [6, 6.07) is 5.85. The molecule has 2 aromatic heterocycles. The summed E-state index contributed by atoms with van der Waals surface area (Å²) in [6.45, 7) is 5.75. The summed E-state index contributed by atoms with van der Waals surface area (Å²) in [4.78, 5) is 85.0. The van der Waals surface area contributed by atoms with Crippen molar-refractivity contribution in [2.45, 2.75) is 164 Å². The smallest absolute Gasteiger partial charge is 0.378 e. The molecule has 392 valence electrons. The van der Waals surface area contributed by atoms with E-state index in [0.29, 0.717) is 76.8 Å². The van der Waals surface area contributed by atoms with E-state index in [0.717, 1.165) is 49.8 Å². The van der Waals surface area contributed by atoms with Crippen LogP contribution < -0.4 is 21.3 Å². The Hall–Kier alpha value is -5.47. The summed E-state index contributed by atoms with van der Waals surface area (Å²) in [6.07, 6.45) is 9.11. The van der Waals surface area contributed by atoms with Gasteiger partial charge in [-0.1, -0.05) is 6.07 Å². The van der Waals surface area contributed by atoms with Crippen molar-refractivity contribution in [2.75, 3.05) is 45.7 Å². The van der Waals surface area contributed by atoms with Crippen LogP contribution in [0.4, 0.5) is 19.0 Å². The second-order valence-electron chi connectivity index (χ2n) is 20.7. The highest BCUT2D eigenvalue weighted by Crippen LogP contribution is 2.38. The van der Waals surface area contributed by atoms with Crippen molar-refractivity contribution in [3.63, 3.8) is 0 Å². The molecule has 6 atom stereocenters. The first-order valence-electron chi connectivity index (χ1n) is 25.9. The second-order valence-corrected chi connectivity index (χ2v) is 20.7. The largest absolute Gasteiger partial charge is 0.416 e. The predicted octanol–water partition coefficient (Wildman–Crippen LogP) is 5.55. The van der Waals surface area contributed by atoms with Gasteiger partial charge in [0.1, 0.15) is 18.2 Å². The van der Waals surface area contributed by atoms with Crippen LogP contribution in [0.2, 0.25) is 0 Å². The number of aromatic nitrogens is 3. The van der Waals surface area contributed by atoms with Gasteiger partial charge in [0.2, 0.25) is 29.5 Å². The van der Waals surface area contributed by atoms with Crippen LogP contribution in [0.1, 0.15) is 121 Å². The highest BCUT2D eigenvalue weighted by atomic mass is 19.4. The van der Waals surface area contributed by atoms with Crippen LogP contribution in [0.15, 0.2) is 49.1 Å². The number of nitrogens with one attached hydrogen (secondary N) is 4. The molecule has 4 N–H and O–H groups in total. The molecule has 5 amide bonds. The molecular weight excluding hydrogens is 934 g/mol. The number of alkyl halides is 3. The van der Waals surface area contributed by atoms with Crippen molar-refractivity contribution >= 4 is 46.3 Å². The predicted molar refractivity (Wildman–Crippen MR) is 262 cm³/mol. The van der Waals surface area contributed by atoms with Crippen molar-refractivity contribution in [1.29, 1.82) is 0 Å². The normalized spacial score (nSPS) is 28.2. The van der Waals surface area contributed by atoms with E-state index in [1.165, 1.54) is 12.4 Å². The zero-order valence-electron chi connectivity index (χ0n) is 41.9. The molecule has 17 nitrogen and oxygen atoms in total. The first kappa shape index (κ1) is 52.8. The highest BCUT2D eigenvalue weighted by Gasteiger charge is 2.45. The van der Waals surface area contributed by atoms with Gasteiger partial charge in [0.05, 0.1) is 60.5 Å². The Morgan fingerprint density at radius 1 is 0.889 bits per heavy atom. The fraction of sp³-hybridized carbons (Fsp3) is 0.654. The molecule has 4 heterocycles. The Morgan fingerprint density at radius 3 is 2.32 bits per heavy atom. The van der Waals surface area contributed by atoms with Crippen molar-refractivity contribution in [2.24, 2.45) is 11.8 Å². The van der Waals surface area contributed by atoms with Gasteiger partial charge in [0.25, 0.3) is 0 Å². The van der Waals surface area contributed by atoms with Crippen molar-refractivity contribution in [3.8, 4) is 0 Å². The molecule has 0 spiro atoms. The number of halogens is 3. The second kappa shape index (κ2) is 23.6. The van der Waals surface area contributed by atoms with Crippen LogP contribution in [0, 0.1) is 11.8 Å². The van der Waals surface area contributed by atoms with Gasteiger partial charge < -0.3 is 45.4 Å². The number of ether oxygens (including phenoxy) is 2. The van der Waals surface area contributed by atoms with Crippen molar-refractivity contribution in [1.82, 2.24) is 45.6 Å². The van der Waals surface area contributed by atoms with Crippen LogP contribution in [-0.2, 0) is 39.6 Å². The van der Waals surface area contributed by atoms with Gasteiger partial charge in [-0.25, -0.2) is 9.97 Å². The Bertz CT molecular complexity index is 2360. The summed E-state index contributed by atoms with van der Waals surface area (Å²) in [7, 11) is 3.81. The molecule has 0 unspecified atom stereocenters. The molecule has 0 radical (unpaired) electrons. The van der Waals surface area contributed by atoms with E-state index < -0.39 is 23.7 Å². The average Bonchev–Trinajstić information content (AvgIpc) is 3.88. The Balaban J connectivity index is 0.737. The van der Waals surface area contributed by atoms with Crippen LogP contribution in [0.25, 0.3) is 10.9 Å². The minimum absolute atomic E-state index is 0.0336. The van der Waals surface area contributed by atoms with Gasteiger partial charge in [-0.05, 0) is 128 Å². The van der Waals surface area contributed by atoms with Gasteiger partial charge in [-0.2, -0.15) is 13.2 Å². The molecule has 0 bridgehead atoms. The number of hydrogen-bond donors (Lipinski definition) is 4. The van der Waals surface area contributed by atoms with Gasteiger partial charge >= 0.3 is 6.18 Å². The van der Waals surface area contributed by atoms with E-state index in [4.69, 9.17) is 9.47 Å². The van der Waals surface area contributed by atoms with Crippen LogP contribution >= 0.6 is 0 Å². The maximum atomic E-state index is 14.1.